The number of hydrogen-bond acceptors (Lipinski definition) is 4. The lowest BCUT2D eigenvalue weighted by Crippen LogP contribution is -2.35. The van der Waals surface area contributed by atoms with Crippen LogP contribution >= 0.6 is 0 Å². The molecule has 1 heterocycles. The molecule has 1 saturated carbocycles. The topological polar surface area (TPSA) is 50.8 Å². The van der Waals surface area contributed by atoms with E-state index in [0.29, 0.717) is 12.1 Å². The van der Waals surface area contributed by atoms with Gasteiger partial charge in [0.1, 0.15) is 5.75 Å². The summed E-state index contributed by atoms with van der Waals surface area (Å²) in [7, 11) is 0. The van der Waals surface area contributed by atoms with E-state index in [2.05, 4.69) is 34.5 Å². The van der Waals surface area contributed by atoms with Crippen molar-refractivity contribution in [3.05, 3.63) is 65.2 Å². The molecule has 1 aliphatic carbocycles. The Kier molecular flexibility index (Phi) is 6.24. The highest BCUT2D eigenvalue weighted by atomic mass is 16.5. The van der Waals surface area contributed by atoms with Crippen molar-refractivity contribution in [1.29, 1.82) is 0 Å². The van der Waals surface area contributed by atoms with E-state index in [4.69, 9.17) is 9.47 Å². The largest absolute Gasteiger partial charge is 0.493 e. The van der Waals surface area contributed by atoms with Gasteiger partial charge in [-0.1, -0.05) is 24.3 Å². The molecule has 0 atom stereocenters. The molecule has 0 bridgehead atoms. The van der Waals surface area contributed by atoms with Gasteiger partial charge in [0.05, 0.1) is 19.8 Å². The number of amides is 1. The second-order valence-corrected chi connectivity index (χ2v) is 7.67. The molecule has 0 aromatic heterocycles. The summed E-state index contributed by atoms with van der Waals surface area (Å²) in [5.41, 5.74) is 3.05. The number of nitrogens with one attached hydrogen (secondary N) is 1. The molecule has 4 rings (SSSR count). The SMILES string of the molecule is O=C(NCc1ccc(CN2CCOCC2)cc1)c1ccc(OCC2CC2)cc1. The Labute approximate surface area is 166 Å². The number of rotatable bonds is 8. The molecule has 0 radical (unpaired) electrons. The van der Waals surface area contributed by atoms with E-state index in [1.165, 1.54) is 18.4 Å². The van der Waals surface area contributed by atoms with Gasteiger partial charge in [-0.25, -0.2) is 0 Å². The summed E-state index contributed by atoms with van der Waals surface area (Å²) >= 11 is 0. The predicted molar refractivity (Wildman–Crippen MR) is 108 cm³/mol. The molecule has 1 aliphatic heterocycles. The molecule has 0 unspecified atom stereocenters. The van der Waals surface area contributed by atoms with Gasteiger partial charge in [0, 0.05) is 31.7 Å². The van der Waals surface area contributed by atoms with Crippen molar-refractivity contribution in [2.24, 2.45) is 5.92 Å². The standard InChI is InChI=1S/C23H28N2O3/c26-23(21-7-9-22(10-8-21)28-17-20-5-6-20)24-15-18-1-3-19(4-2-18)16-25-11-13-27-14-12-25/h1-4,7-10,20H,5-6,11-17H2,(H,24,26). The molecule has 148 valence electrons. The Balaban J connectivity index is 1.23. The van der Waals surface area contributed by atoms with Gasteiger partial charge in [0.15, 0.2) is 0 Å². The zero-order chi connectivity index (χ0) is 19.2. The van der Waals surface area contributed by atoms with Gasteiger partial charge < -0.3 is 14.8 Å². The fourth-order valence-electron chi connectivity index (χ4n) is 3.27. The zero-order valence-corrected chi connectivity index (χ0v) is 16.2. The third kappa shape index (κ3) is 5.57. The van der Waals surface area contributed by atoms with Gasteiger partial charge in [-0.05, 0) is 54.2 Å². The monoisotopic (exact) mass is 380 g/mol. The predicted octanol–water partition coefficient (Wildman–Crippen LogP) is 3.24. The molecule has 0 spiro atoms. The Hall–Kier alpha value is -2.37. The van der Waals surface area contributed by atoms with Crippen molar-refractivity contribution >= 4 is 5.91 Å². The number of nitrogens with zero attached hydrogens (tertiary/aromatic N) is 1. The lowest BCUT2D eigenvalue weighted by molar-refractivity contribution is 0.0342. The second kappa shape index (κ2) is 9.22. The van der Waals surface area contributed by atoms with E-state index in [1.54, 1.807) is 0 Å². The molecule has 2 aliphatic rings. The van der Waals surface area contributed by atoms with Crippen molar-refractivity contribution in [3.63, 3.8) is 0 Å². The fraction of sp³-hybridized carbons (Fsp3) is 0.435. The van der Waals surface area contributed by atoms with Crippen LogP contribution in [0.2, 0.25) is 0 Å². The Bertz CT molecular complexity index is 763. The van der Waals surface area contributed by atoms with Crippen LogP contribution in [-0.2, 0) is 17.8 Å². The van der Waals surface area contributed by atoms with Crippen LogP contribution in [0.1, 0.15) is 34.3 Å². The highest BCUT2D eigenvalue weighted by Gasteiger charge is 2.21. The summed E-state index contributed by atoms with van der Waals surface area (Å²) < 4.78 is 11.1. The van der Waals surface area contributed by atoms with Gasteiger partial charge >= 0.3 is 0 Å². The van der Waals surface area contributed by atoms with Crippen LogP contribution in [0.3, 0.4) is 0 Å². The number of carbonyl (C=O) groups excluding carboxylic acids is 1. The summed E-state index contributed by atoms with van der Waals surface area (Å²) in [5, 5.41) is 2.99. The first-order valence-corrected chi connectivity index (χ1v) is 10.2. The summed E-state index contributed by atoms with van der Waals surface area (Å²) in [6, 6.07) is 15.9. The van der Waals surface area contributed by atoms with Crippen LogP contribution in [0.25, 0.3) is 0 Å². The molecule has 5 heteroatoms. The van der Waals surface area contributed by atoms with Crippen LogP contribution in [0.15, 0.2) is 48.5 Å². The quantitative estimate of drug-likeness (QED) is 0.764. The van der Waals surface area contributed by atoms with Gasteiger partial charge in [-0.15, -0.1) is 0 Å². The minimum absolute atomic E-state index is 0.0638. The average molecular weight is 380 g/mol. The fourth-order valence-corrected chi connectivity index (χ4v) is 3.27. The van der Waals surface area contributed by atoms with Crippen LogP contribution in [0, 0.1) is 5.92 Å². The molecule has 1 amide bonds. The van der Waals surface area contributed by atoms with E-state index < -0.39 is 0 Å². The van der Waals surface area contributed by atoms with Gasteiger partial charge in [-0.2, -0.15) is 0 Å². The normalized spacial score (nSPS) is 17.3. The highest BCUT2D eigenvalue weighted by Crippen LogP contribution is 2.29. The lowest BCUT2D eigenvalue weighted by atomic mass is 10.1. The van der Waals surface area contributed by atoms with Crippen LogP contribution in [0.5, 0.6) is 5.75 Å². The van der Waals surface area contributed by atoms with Gasteiger partial charge in [-0.3, -0.25) is 9.69 Å². The highest BCUT2D eigenvalue weighted by molar-refractivity contribution is 5.94. The molecule has 1 saturated heterocycles. The average Bonchev–Trinajstić information content (AvgIpc) is 3.57. The van der Waals surface area contributed by atoms with Crippen LogP contribution in [-0.4, -0.2) is 43.7 Å². The van der Waals surface area contributed by atoms with E-state index >= 15 is 0 Å². The van der Waals surface area contributed by atoms with Gasteiger partial charge in [0.25, 0.3) is 5.91 Å². The minimum Gasteiger partial charge on any atom is -0.493 e. The maximum atomic E-state index is 12.4. The van der Waals surface area contributed by atoms with Crippen molar-refractivity contribution in [3.8, 4) is 5.75 Å². The van der Waals surface area contributed by atoms with Crippen molar-refractivity contribution < 1.29 is 14.3 Å². The maximum absolute atomic E-state index is 12.4. The first-order valence-electron chi connectivity index (χ1n) is 10.2. The van der Waals surface area contributed by atoms with E-state index in [-0.39, 0.29) is 5.91 Å². The first kappa shape index (κ1) is 19.0. The van der Waals surface area contributed by atoms with Crippen molar-refractivity contribution in [2.75, 3.05) is 32.9 Å². The number of carbonyl (C=O) groups is 1. The number of benzene rings is 2. The summed E-state index contributed by atoms with van der Waals surface area (Å²) in [5.74, 6) is 1.49. The minimum atomic E-state index is -0.0638. The second-order valence-electron chi connectivity index (χ2n) is 7.67. The van der Waals surface area contributed by atoms with E-state index in [1.807, 2.05) is 24.3 Å². The van der Waals surface area contributed by atoms with E-state index in [0.717, 1.165) is 56.7 Å². The third-order valence-corrected chi connectivity index (χ3v) is 5.29. The number of morpholine rings is 1. The smallest absolute Gasteiger partial charge is 0.251 e. The number of hydrogen-bond donors (Lipinski definition) is 1. The van der Waals surface area contributed by atoms with Crippen molar-refractivity contribution in [2.45, 2.75) is 25.9 Å². The van der Waals surface area contributed by atoms with Gasteiger partial charge in [0.2, 0.25) is 0 Å². The zero-order valence-electron chi connectivity index (χ0n) is 16.2. The molecule has 5 nitrogen and oxygen atoms in total. The summed E-state index contributed by atoms with van der Waals surface area (Å²) in [6.07, 6.45) is 2.55. The van der Waals surface area contributed by atoms with Crippen LogP contribution in [0.4, 0.5) is 0 Å². The molecule has 1 N–H and O–H groups in total. The molecule has 2 aromatic carbocycles. The Morgan fingerprint density at radius 1 is 1.00 bits per heavy atom. The molecular weight excluding hydrogens is 352 g/mol. The van der Waals surface area contributed by atoms with E-state index in [9.17, 15) is 4.79 Å². The molecule has 28 heavy (non-hydrogen) atoms. The summed E-state index contributed by atoms with van der Waals surface area (Å²) in [4.78, 5) is 14.8. The summed E-state index contributed by atoms with van der Waals surface area (Å²) in [6.45, 7) is 5.87. The maximum Gasteiger partial charge on any atom is 0.251 e. The molecular formula is C23H28N2O3. The molecule has 2 fully saturated rings. The Morgan fingerprint density at radius 3 is 2.36 bits per heavy atom. The third-order valence-electron chi connectivity index (χ3n) is 5.29. The van der Waals surface area contributed by atoms with Crippen molar-refractivity contribution in [1.82, 2.24) is 10.2 Å². The Morgan fingerprint density at radius 2 is 1.68 bits per heavy atom. The van der Waals surface area contributed by atoms with Crippen LogP contribution < -0.4 is 10.1 Å². The molecule has 2 aromatic rings. The number of ether oxygens (including phenoxy) is 2. The lowest BCUT2D eigenvalue weighted by Gasteiger charge is -2.26. The first-order chi connectivity index (χ1) is 13.8.